The Morgan fingerprint density at radius 3 is 2.81 bits per heavy atom. The van der Waals surface area contributed by atoms with Gasteiger partial charge in [-0.3, -0.25) is 9.78 Å². The molecule has 2 aromatic heterocycles. The van der Waals surface area contributed by atoms with Crippen molar-refractivity contribution >= 4 is 17.4 Å². The fourth-order valence-electron chi connectivity index (χ4n) is 3.23. The van der Waals surface area contributed by atoms with Gasteiger partial charge < -0.3 is 10.2 Å². The third-order valence-electron chi connectivity index (χ3n) is 4.51. The Balaban J connectivity index is 1.47. The molecule has 1 aromatic carbocycles. The van der Waals surface area contributed by atoms with Crippen LogP contribution in [0.25, 0.3) is 0 Å². The van der Waals surface area contributed by atoms with E-state index in [9.17, 15) is 4.79 Å². The van der Waals surface area contributed by atoms with Crippen LogP contribution in [0.1, 0.15) is 28.5 Å². The first-order valence-corrected chi connectivity index (χ1v) is 8.60. The highest BCUT2D eigenvalue weighted by molar-refractivity contribution is 6.06. The summed E-state index contributed by atoms with van der Waals surface area (Å²) in [4.78, 5) is 18.8. The van der Waals surface area contributed by atoms with Crippen molar-refractivity contribution in [2.45, 2.75) is 25.9 Å². The molecule has 0 aliphatic carbocycles. The van der Waals surface area contributed by atoms with E-state index in [1.807, 2.05) is 35.2 Å². The third kappa shape index (κ3) is 3.13. The van der Waals surface area contributed by atoms with Crippen LogP contribution in [0.5, 0.6) is 0 Å². The molecule has 1 atom stereocenters. The molecule has 0 bridgehead atoms. The predicted octanol–water partition coefficient (Wildman–Crippen LogP) is 3.08. The lowest BCUT2D eigenvalue weighted by Crippen LogP contribution is -2.36. The zero-order chi connectivity index (χ0) is 17.9. The minimum atomic E-state index is -0.117. The van der Waals surface area contributed by atoms with Crippen molar-refractivity contribution in [1.82, 2.24) is 15.2 Å². The number of nitrogens with one attached hydrogen (secondary N) is 1. The maximum atomic E-state index is 12.9. The summed E-state index contributed by atoms with van der Waals surface area (Å²) in [6, 6.07) is 15.5. The van der Waals surface area contributed by atoms with E-state index in [0.29, 0.717) is 18.1 Å². The number of rotatable bonds is 4. The van der Waals surface area contributed by atoms with E-state index in [0.717, 1.165) is 17.7 Å². The summed E-state index contributed by atoms with van der Waals surface area (Å²) in [5.41, 5.74) is 3.55. The molecule has 0 saturated heterocycles. The Morgan fingerprint density at radius 2 is 2.04 bits per heavy atom. The van der Waals surface area contributed by atoms with Crippen molar-refractivity contribution in [3.8, 4) is 0 Å². The van der Waals surface area contributed by atoms with Gasteiger partial charge in [0.25, 0.3) is 5.91 Å². The Morgan fingerprint density at radius 1 is 1.15 bits per heavy atom. The van der Waals surface area contributed by atoms with Gasteiger partial charge in [-0.1, -0.05) is 24.3 Å². The standard InChI is InChI=1S/C20H19N5O/c1-14-11-16-6-2-3-7-18(16)25(14)20(26)17-8-9-19(24-23-17)22-13-15-5-4-10-21-12-15/h2-10,12,14H,11,13H2,1H3,(H,22,24). The molecule has 1 aliphatic rings. The van der Waals surface area contributed by atoms with Gasteiger partial charge in [-0.2, -0.15) is 0 Å². The quantitative estimate of drug-likeness (QED) is 0.787. The molecule has 4 rings (SSSR count). The number of fused-ring (bicyclic) bond motifs is 1. The molecular formula is C20H19N5O. The number of pyridine rings is 1. The number of nitrogens with zero attached hydrogens (tertiary/aromatic N) is 4. The van der Waals surface area contributed by atoms with E-state index in [-0.39, 0.29) is 11.9 Å². The number of hydrogen-bond donors (Lipinski definition) is 1. The molecular weight excluding hydrogens is 326 g/mol. The van der Waals surface area contributed by atoms with Crippen LogP contribution in [-0.2, 0) is 13.0 Å². The highest BCUT2D eigenvalue weighted by atomic mass is 16.2. The number of benzene rings is 1. The molecule has 26 heavy (non-hydrogen) atoms. The molecule has 6 nitrogen and oxygen atoms in total. The van der Waals surface area contributed by atoms with E-state index in [1.165, 1.54) is 5.56 Å². The van der Waals surface area contributed by atoms with Gasteiger partial charge in [0.2, 0.25) is 0 Å². The monoisotopic (exact) mass is 345 g/mol. The van der Waals surface area contributed by atoms with Crippen molar-refractivity contribution in [3.63, 3.8) is 0 Å². The maximum Gasteiger partial charge on any atom is 0.279 e. The normalized spacial score (nSPS) is 15.6. The molecule has 3 aromatic rings. The topological polar surface area (TPSA) is 71.0 Å². The van der Waals surface area contributed by atoms with Crippen LogP contribution in [0.4, 0.5) is 11.5 Å². The fourth-order valence-corrected chi connectivity index (χ4v) is 3.23. The Kier molecular flexibility index (Phi) is 4.31. The van der Waals surface area contributed by atoms with Crippen molar-refractivity contribution in [2.75, 3.05) is 10.2 Å². The van der Waals surface area contributed by atoms with E-state index in [1.54, 1.807) is 24.5 Å². The van der Waals surface area contributed by atoms with E-state index >= 15 is 0 Å². The molecule has 0 saturated carbocycles. The van der Waals surface area contributed by atoms with Gasteiger partial charge in [0.1, 0.15) is 5.82 Å². The molecule has 130 valence electrons. The van der Waals surface area contributed by atoms with E-state index < -0.39 is 0 Å². The summed E-state index contributed by atoms with van der Waals surface area (Å²) in [7, 11) is 0. The smallest absolute Gasteiger partial charge is 0.279 e. The first-order valence-electron chi connectivity index (χ1n) is 8.60. The number of amides is 1. The average Bonchev–Trinajstić information content (AvgIpc) is 3.03. The lowest BCUT2D eigenvalue weighted by molar-refractivity contribution is 0.0975. The summed E-state index contributed by atoms with van der Waals surface area (Å²) >= 11 is 0. The number of para-hydroxylation sites is 1. The summed E-state index contributed by atoms with van der Waals surface area (Å²) in [6.07, 6.45) is 4.39. The van der Waals surface area contributed by atoms with Crippen LogP contribution >= 0.6 is 0 Å². The Hall–Kier alpha value is -3.28. The Labute approximate surface area is 151 Å². The predicted molar refractivity (Wildman–Crippen MR) is 100 cm³/mol. The fraction of sp³-hybridized carbons (Fsp3) is 0.200. The number of aromatic nitrogens is 3. The van der Waals surface area contributed by atoms with Crippen LogP contribution < -0.4 is 10.2 Å². The lowest BCUT2D eigenvalue weighted by atomic mass is 10.1. The molecule has 1 N–H and O–H groups in total. The van der Waals surface area contributed by atoms with Gasteiger partial charge in [0.15, 0.2) is 5.69 Å². The van der Waals surface area contributed by atoms with Gasteiger partial charge in [-0.25, -0.2) is 0 Å². The zero-order valence-corrected chi connectivity index (χ0v) is 14.5. The van der Waals surface area contributed by atoms with Crippen molar-refractivity contribution in [3.05, 3.63) is 77.7 Å². The second kappa shape index (κ2) is 6.92. The number of hydrogen-bond acceptors (Lipinski definition) is 5. The second-order valence-electron chi connectivity index (χ2n) is 6.38. The SMILES string of the molecule is CC1Cc2ccccc2N1C(=O)c1ccc(NCc2cccnc2)nn1. The van der Waals surface area contributed by atoms with Gasteiger partial charge in [0.05, 0.1) is 0 Å². The Bertz CT molecular complexity index is 911. The molecule has 1 amide bonds. The summed E-state index contributed by atoms with van der Waals surface area (Å²) in [6.45, 7) is 2.65. The van der Waals surface area contributed by atoms with Crippen molar-refractivity contribution in [2.24, 2.45) is 0 Å². The largest absolute Gasteiger partial charge is 0.364 e. The minimum absolute atomic E-state index is 0.116. The van der Waals surface area contributed by atoms with E-state index in [4.69, 9.17) is 0 Å². The molecule has 0 radical (unpaired) electrons. The molecule has 1 unspecified atom stereocenters. The molecule has 3 heterocycles. The van der Waals surface area contributed by atoms with Gasteiger partial charge in [-0.15, -0.1) is 10.2 Å². The van der Waals surface area contributed by atoms with Gasteiger partial charge >= 0.3 is 0 Å². The maximum absolute atomic E-state index is 12.9. The summed E-state index contributed by atoms with van der Waals surface area (Å²) in [5, 5.41) is 11.4. The lowest BCUT2D eigenvalue weighted by Gasteiger charge is -2.22. The van der Waals surface area contributed by atoms with Crippen LogP contribution in [0.15, 0.2) is 60.9 Å². The first kappa shape index (κ1) is 16.2. The first-order chi connectivity index (χ1) is 12.7. The summed E-state index contributed by atoms with van der Waals surface area (Å²) < 4.78 is 0. The van der Waals surface area contributed by atoms with Crippen molar-refractivity contribution < 1.29 is 4.79 Å². The second-order valence-corrected chi connectivity index (χ2v) is 6.38. The highest BCUT2D eigenvalue weighted by Crippen LogP contribution is 2.32. The average molecular weight is 345 g/mol. The van der Waals surface area contributed by atoms with Gasteiger partial charge in [0, 0.05) is 30.7 Å². The van der Waals surface area contributed by atoms with Crippen LogP contribution in [0.2, 0.25) is 0 Å². The number of carbonyl (C=O) groups is 1. The molecule has 6 heteroatoms. The minimum Gasteiger partial charge on any atom is -0.364 e. The third-order valence-corrected chi connectivity index (χ3v) is 4.51. The van der Waals surface area contributed by atoms with Crippen LogP contribution in [-0.4, -0.2) is 27.1 Å². The highest BCUT2D eigenvalue weighted by Gasteiger charge is 2.31. The molecule has 1 aliphatic heterocycles. The summed E-state index contributed by atoms with van der Waals surface area (Å²) in [5.74, 6) is 0.508. The van der Waals surface area contributed by atoms with Crippen molar-refractivity contribution in [1.29, 1.82) is 0 Å². The zero-order valence-electron chi connectivity index (χ0n) is 14.5. The molecule has 0 fully saturated rings. The number of anilines is 2. The van der Waals surface area contributed by atoms with Crippen LogP contribution in [0.3, 0.4) is 0 Å². The van der Waals surface area contributed by atoms with Crippen LogP contribution in [0, 0.1) is 0 Å². The van der Waals surface area contributed by atoms with Gasteiger partial charge in [-0.05, 0) is 48.7 Å². The number of carbonyl (C=O) groups excluding carboxylic acids is 1. The molecule has 0 spiro atoms. The van der Waals surface area contributed by atoms with E-state index in [2.05, 4.69) is 33.5 Å².